The van der Waals surface area contributed by atoms with Gasteiger partial charge in [0.15, 0.2) is 0 Å². The predicted molar refractivity (Wildman–Crippen MR) is 145 cm³/mol. The first kappa shape index (κ1) is 33.6. The molecule has 0 amide bonds. The minimum atomic E-state index is -3.10. The molecule has 0 unspecified atom stereocenters. The van der Waals surface area contributed by atoms with Gasteiger partial charge in [0, 0.05) is 0 Å². The zero-order valence-electron chi connectivity index (χ0n) is 24.1. The molecule has 5 heteroatoms. The van der Waals surface area contributed by atoms with Crippen LogP contribution in [0.1, 0.15) is 138 Å². The van der Waals surface area contributed by atoms with Crippen molar-refractivity contribution >= 4 is 0 Å². The summed E-state index contributed by atoms with van der Waals surface area (Å²) in [5, 5.41) is 0. The maximum absolute atomic E-state index is 7.34. The molecule has 0 rings (SSSR count). The molecule has 0 aromatic carbocycles. The Kier molecular flexibility index (Phi) is 23.4. The Morgan fingerprint density at radius 1 is 0.394 bits per heavy atom. The molecule has 0 fully saturated rings. The quantitative estimate of drug-likeness (QED) is 0.0917. The predicted octanol–water partition coefficient (Wildman–Crippen LogP) is 8.32. The Bertz CT molecular complexity index is 352. The van der Waals surface area contributed by atoms with Crippen LogP contribution >= 0.6 is 0 Å². The van der Waals surface area contributed by atoms with Gasteiger partial charge in [-0.1, -0.05) is 0 Å². The van der Waals surface area contributed by atoms with Crippen molar-refractivity contribution in [3.8, 4) is 0 Å². The summed E-state index contributed by atoms with van der Waals surface area (Å²) in [6.45, 7) is 24.4. The summed E-state index contributed by atoms with van der Waals surface area (Å²) in [4.78, 5) is 0. The molecule has 0 atom stereocenters. The van der Waals surface area contributed by atoms with Crippen molar-refractivity contribution < 1.29 is 21.1 Å². The molecule has 200 valence electrons. The average molecular weight is 506 g/mol. The van der Waals surface area contributed by atoms with Gasteiger partial charge in [-0.05, 0) is 0 Å². The zero-order chi connectivity index (χ0) is 24.8. The number of hydrogen-bond donors (Lipinski definition) is 0. The molecule has 33 heavy (non-hydrogen) atoms. The average Bonchev–Trinajstić information content (AvgIpc) is 2.80. The molecular weight excluding hydrogens is 442 g/mol. The molecule has 0 aromatic heterocycles. The van der Waals surface area contributed by atoms with Crippen LogP contribution in [0.25, 0.3) is 0 Å². The SMILES string of the molecule is CCCCCCCCCC[O][Ti]([N](CCC)CCC)([N](CCC)CCC)[N](CCC)CCC. The van der Waals surface area contributed by atoms with E-state index in [1.807, 2.05) is 0 Å². The van der Waals surface area contributed by atoms with Gasteiger partial charge in [-0.25, -0.2) is 0 Å². The van der Waals surface area contributed by atoms with Crippen LogP contribution in [-0.2, 0) is 21.1 Å². The van der Waals surface area contributed by atoms with E-state index in [-0.39, 0.29) is 0 Å². The first-order valence-electron chi connectivity index (χ1n) is 15.0. The van der Waals surface area contributed by atoms with Gasteiger partial charge in [-0.15, -0.1) is 0 Å². The molecule has 0 spiro atoms. The summed E-state index contributed by atoms with van der Waals surface area (Å²) in [5.74, 6) is 0. The maximum atomic E-state index is 7.34. The Morgan fingerprint density at radius 2 is 0.697 bits per heavy atom. The van der Waals surface area contributed by atoms with Gasteiger partial charge in [0.1, 0.15) is 0 Å². The molecule has 0 bridgehead atoms. The molecule has 0 saturated heterocycles. The topological polar surface area (TPSA) is 19.0 Å². The summed E-state index contributed by atoms with van der Waals surface area (Å²) in [7, 11) is 0. The second-order valence-corrected chi connectivity index (χ2v) is 15.1. The summed E-state index contributed by atoms with van der Waals surface area (Å²) >= 11 is -3.10. The van der Waals surface area contributed by atoms with Gasteiger partial charge in [0.05, 0.1) is 0 Å². The number of nitrogens with zero attached hydrogens (tertiary/aromatic N) is 3. The standard InChI is InChI=1S/C10H21O.3C6H14N.Ti/c1-2-3-4-5-6-7-8-9-10-11;3*1-3-5-7-6-4-2;/h2-10H2,1H3;3*3-6H2,1-2H3;/q4*-1;+4. The number of hydrogen-bond acceptors (Lipinski definition) is 4. The van der Waals surface area contributed by atoms with Crippen LogP contribution in [0.3, 0.4) is 0 Å². The van der Waals surface area contributed by atoms with E-state index in [9.17, 15) is 0 Å². The monoisotopic (exact) mass is 505 g/mol. The third-order valence-corrected chi connectivity index (χ3v) is 13.4. The third kappa shape index (κ3) is 12.9. The van der Waals surface area contributed by atoms with E-state index in [1.54, 1.807) is 0 Å². The van der Waals surface area contributed by atoms with E-state index in [0.717, 1.165) is 6.61 Å². The number of unbranched alkanes of at least 4 members (excludes halogenated alkanes) is 7. The second-order valence-electron chi connectivity index (χ2n) is 9.86. The van der Waals surface area contributed by atoms with E-state index in [4.69, 9.17) is 3.32 Å². The van der Waals surface area contributed by atoms with Crippen molar-refractivity contribution in [2.75, 3.05) is 45.9 Å². The first-order chi connectivity index (χ1) is 16.1. The van der Waals surface area contributed by atoms with Crippen LogP contribution in [0.15, 0.2) is 0 Å². The van der Waals surface area contributed by atoms with Gasteiger partial charge in [-0.2, -0.15) is 0 Å². The van der Waals surface area contributed by atoms with E-state index in [2.05, 4.69) is 58.6 Å². The first-order valence-corrected chi connectivity index (χ1v) is 17.7. The summed E-state index contributed by atoms with van der Waals surface area (Å²) < 4.78 is 16.0. The van der Waals surface area contributed by atoms with Crippen LogP contribution in [-0.4, -0.2) is 56.0 Å². The van der Waals surface area contributed by atoms with Gasteiger partial charge < -0.3 is 0 Å². The Hall–Kier alpha value is 0.554. The Labute approximate surface area is 214 Å². The van der Waals surface area contributed by atoms with Crippen molar-refractivity contribution in [3.63, 3.8) is 0 Å². The van der Waals surface area contributed by atoms with Gasteiger partial charge in [0.2, 0.25) is 0 Å². The van der Waals surface area contributed by atoms with Crippen molar-refractivity contribution in [3.05, 3.63) is 0 Å². The molecule has 0 radical (unpaired) electrons. The molecule has 0 N–H and O–H groups in total. The second kappa shape index (κ2) is 23.0. The molecule has 0 aliphatic carbocycles. The van der Waals surface area contributed by atoms with Crippen molar-refractivity contribution in [2.24, 2.45) is 0 Å². The van der Waals surface area contributed by atoms with Crippen LogP contribution in [0.4, 0.5) is 0 Å². The van der Waals surface area contributed by atoms with Crippen LogP contribution < -0.4 is 0 Å². The Morgan fingerprint density at radius 3 is 1.00 bits per heavy atom. The third-order valence-electron chi connectivity index (χ3n) is 6.49. The minimum absolute atomic E-state index is 0.951. The summed E-state index contributed by atoms with van der Waals surface area (Å²) in [5.41, 5.74) is 0. The molecule has 0 aromatic rings. The molecule has 0 aliphatic rings. The molecule has 4 nitrogen and oxygen atoms in total. The summed E-state index contributed by atoms with van der Waals surface area (Å²) in [6, 6.07) is 0. The molecule has 0 saturated carbocycles. The van der Waals surface area contributed by atoms with Crippen LogP contribution in [0.5, 0.6) is 0 Å². The summed E-state index contributed by atoms with van der Waals surface area (Å²) in [6.07, 6.45) is 18.2. The normalized spacial score (nSPS) is 12.5. The van der Waals surface area contributed by atoms with Crippen molar-refractivity contribution in [1.29, 1.82) is 0 Å². The molecular formula is C28H63N3OTi. The molecule has 0 heterocycles. The van der Waals surface area contributed by atoms with Crippen LogP contribution in [0, 0.1) is 0 Å². The number of rotatable bonds is 25. The van der Waals surface area contributed by atoms with Crippen LogP contribution in [0.2, 0.25) is 0 Å². The van der Waals surface area contributed by atoms with Gasteiger partial charge >= 0.3 is 215 Å². The zero-order valence-corrected chi connectivity index (χ0v) is 25.7. The Balaban J connectivity index is 5.69. The van der Waals surface area contributed by atoms with E-state index >= 15 is 0 Å². The van der Waals surface area contributed by atoms with E-state index < -0.39 is 17.7 Å². The van der Waals surface area contributed by atoms with Crippen molar-refractivity contribution in [2.45, 2.75) is 138 Å². The van der Waals surface area contributed by atoms with E-state index in [0.29, 0.717) is 0 Å². The van der Waals surface area contributed by atoms with Gasteiger partial charge in [-0.3, -0.25) is 0 Å². The molecule has 0 aliphatic heterocycles. The van der Waals surface area contributed by atoms with Crippen molar-refractivity contribution in [1.82, 2.24) is 10.1 Å². The fourth-order valence-electron chi connectivity index (χ4n) is 5.15. The fraction of sp³-hybridized carbons (Fsp3) is 1.00. The van der Waals surface area contributed by atoms with Gasteiger partial charge in [0.25, 0.3) is 0 Å². The van der Waals surface area contributed by atoms with E-state index in [1.165, 1.54) is 129 Å². The fourth-order valence-corrected chi connectivity index (χ4v) is 13.4.